The highest BCUT2D eigenvalue weighted by Gasteiger charge is 2.29. The van der Waals surface area contributed by atoms with Crippen molar-refractivity contribution >= 4 is 28.7 Å². The zero-order valence-electron chi connectivity index (χ0n) is 20.0. The summed E-state index contributed by atoms with van der Waals surface area (Å²) >= 11 is 6.45. The van der Waals surface area contributed by atoms with Gasteiger partial charge in [-0.3, -0.25) is 18.8 Å². The van der Waals surface area contributed by atoms with Crippen LogP contribution in [0.25, 0.3) is 11.2 Å². The Labute approximate surface area is 204 Å². The summed E-state index contributed by atoms with van der Waals surface area (Å²) in [5, 5.41) is 9.48. The second-order valence-corrected chi connectivity index (χ2v) is 9.62. The van der Waals surface area contributed by atoms with E-state index in [9.17, 15) is 10.1 Å². The minimum atomic E-state index is -0.298. The first-order valence-corrected chi connectivity index (χ1v) is 11.7. The number of aromatic nitrogens is 4. The van der Waals surface area contributed by atoms with Crippen molar-refractivity contribution < 1.29 is 0 Å². The van der Waals surface area contributed by atoms with E-state index in [2.05, 4.69) is 53.5 Å². The second-order valence-electron chi connectivity index (χ2n) is 9.28. The molecular weight excluding hydrogens is 450 g/mol. The molecule has 0 aliphatic carbocycles. The molecule has 4 rings (SSSR count). The van der Waals surface area contributed by atoms with Gasteiger partial charge in [0.15, 0.2) is 11.2 Å². The van der Waals surface area contributed by atoms with Crippen molar-refractivity contribution in [1.82, 2.24) is 24.0 Å². The van der Waals surface area contributed by atoms with E-state index in [1.807, 2.05) is 16.7 Å². The van der Waals surface area contributed by atoms with Crippen LogP contribution in [0.2, 0.25) is 5.28 Å². The van der Waals surface area contributed by atoms with Crippen molar-refractivity contribution in [2.45, 2.75) is 46.3 Å². The van der Waals surface area contributed by atoms with Gasteiger partial charge < -0.3 is 4.90 Å². The van der Waals surface area contributed by atoms with E-state index in [1.165, 1.54) is 4.57 Å². The molecule has 0 saturated carbocycles. The van der Waals surface area contributed by atoms with E-state index in [-0.39, 0.29) is 22.9 Å². The van der Waals surface area contributed by atoms with Crippen LogP contribution in [-0.4, -0.2) is 55.7 Å². The highest BCUT2D eigenvalue weighted by Crippen LogP contribution is 2.24. The zero-order chi connectivity index (χ0) is 24.5. The molecular formula is C25H28ClN7O. The molecule has 8 nitrogen and oxygen atoms in total. The largest absolute Gasteiger partial charge is 0.340 e. The SMILES string of the molecule is CC#CCn1c(N2CCN(C(C)(C)C)CC2)nc2nc(Cl)n(Cc3ccccc3C#N)c(=O)c21. The van der Waals surface area contributed by atoms with Crippen LogP contribution in [-0.2, 0) is 13.1 Å². The molecule has 0 spiro atoms. The fourth-order valence-electron chi connectivity index (χ4n) is 4.28. The molecule has 0 radical (unpaired) electrons. The average molecular weight is 478 g/mol. The number of hydrogen-bond acceptors (Lipinski definition) is 6. The minimum absolute atomic E-state index is 0.0422. The van der Waals surface area contributed by atoms with Crippen molar-refractivity contribution in [2.24, 2.45) is 0 Å². The first-order valence-electron chi connectivity index (χ1n) is 11.3. The number of imidazole rings is 1. The van der Waals surface area contributed by atoms with Crippen LogP contribution in [0.3, 0.4) is 0 Å². The van der Waals surface area contributed by atoms with Crippen LogP contribution >= 0.6 is 11.6 Å². The maximum atomic E-state index is 13.6. The standard InChI is InChI=1S/C25H28ClN7O/c1-5-6-11-32-20-21(29-24(32)30-12-14-31(15-13-30)25(2,3)4)28-23(26)33(22(20)34)17-19-10-8-7-9-18(19)16-27/h7-10H,11-15,17H2,1-4H3. The van der Waals surface area contributed by atoms with Gasteiger partial charge in [0.25, 0.3) is 5.56 Å². The maximum Gasteiger partial charge on any atom is 0.281 e. The molecule has 1 aromatic carbocycles. The van der Waals surface area contributed by atoms with E-state index >= 15 is 0 Å². The van der Waals surface area contributed by atoms with E-state index in [4.69, 9.17) is 16.6 Å². The van der Waals surface area contributed by atoms with E-state index in [1.54, 1.807) is 19.1 Å². The Balaban J connectivity index is 1.79. The minimum Gasteiger partial charge on any atom is -0.340 e. The Morgan fingerprint density at radius 1 is 1.09 bits per heavy atom. The van der Waals surface area contributed by atoms with Crippen LogP contribution in [0.5, 0.6) is 0 Å². The molecule has 1 aliphatic heterocycles. The molecule has 1 saturated heterocycles. The van der Waals surface area contributed by atoms with Crippen molar-refractivity contribution in [1.29, 1.82) is 5.26 Å². The summed E-state index contributed by atoms with van der Waals surface area (Å²) in [7, 11) is 0. The molecule has 0 atom stereocenters. The Kier molecular flexibility index (Phi) is 6.65. The number of piperazine rings is 1. The lowest BCUT2D eigenvalue weighted by atomic mass is 10.1. The number of nitrogens with zero attached hydrogens (tertiary/aromatic N) is 7. The normalized spacial score (nSPS) is 14.6. The van der Waals surface area contributed by atoms with Gasteiger partial charge in [0, 0.05) is 31.7 Å². The number of rotatable bonds is 4. The third-order valence-electron chi connectivity index (χ3n) is 6.19. The van der Waals surface area contributed by atoms with Crippen molar-refractivity contribution in [2.75, 3.05) is 31.1 Å². The molecule has 3 heterocycles. The third-order valence-corrected chi connectivity index (χ3v) is 6.48. The smallest absolute Gasteiger partial charge is 0.281 e. The maximum absolute atomic E-state index is 13.6. The predicted molar refractivity (Wildman–Crippen MR) is 134 cm³/mol. The Bertz CT molecular complexity index is 1370. The fraction of sp³-hybridized carbons (Fsp3) is 0.440. The number of nitriles is 1. The van der Waals surface area contributed by atoms with Gasteiger partial charge in [-0.25, -0.2) is 0 Å². The summed E-state index contributed by atoms with van der Waals surface area (Å²) < 4.78 is 3.23. The first kappa shape index (κ1) is 23.8. The lowest BCUT2D eigenvalue weighted by Gasteiger charge is -2.42. The van der Waals surface area contributed by atoms with Crippen molar-refractivity contribution in [3.63, 3.8) is 0 Å². The zero-order valence-corrected chi connectivity index (χ0v) is 20.7. The van der Waals surface area contributed by atoms with E-state index in [0.717, 1.165) is 26.2 Å². The van der Waals surface area contributed by atoms with Crippen LogP contribution in [0.4, 0.5) is 5.95 Å². The summed E-state index contributed by atoms with van der Waals surface area (Å²) in [6.07, 6.45) is 0. The summed E-state index contributed by atoms with van der Waals surface area (Å²) in [5.74, 6) is 6.66. The molecule has 34 heavy (non-hydrogen) atoms. The van der Waals surface area contributed by atoms with Gasteiger partial charge in [-0.1, -0.05) is 24.1 Å². The van der Waals surface area contributed by atoms with Gasteiger partial charge in [0.05, 0.1) is 24.7 Å². The Morgan fingerprint density at radius 3 is 2.44 bits per heavy atom. The number of fused-ring (bicyclic) bond motifs is 1. The fourth-order valence-corrected chi connectivity index (χ4v) is 4.49. The van der Waals surface area contributed by atoms with Gasteiger partial charge >= 0.3 is 0 Å². The summed E-state index contributed by atoms with van der Waals surface area (Å²) in [6.45, 7) is 12.3. The lowest BCUT2D eigenvalue weighted by molar-refractivity contribution is 0.128. The number of anilines is 1. The second kappa shape index (κ2) is 9.50. The molecule has 0 bridgehead atoms. The van der Waals surface area contributed by atoms with Crippen LogP contribution in [0.1, 0.15) is 38.8 Å². The van der Waals surface area contributed by atoms with Crippen molar-refractivity contribution in [3.05, 3.63) is 51.0 Å². The Morgan fingerprint density at radius 2 is 1.79 bits per heavy atom. The molecule has 2 aromatic heterocycles. The van der Waals surface area contributed by atoms with Crippen LogP contribution < -0.4 is 10.5 Å². The predicted octanol–water partition coefficient (Wildman–Crippen LogP) is 3.11. The number of halogens is 1. The molecule has 9 heteroatoms. The monoisotopic (exact) mass is 477 g/mol. The molecule has 3 aromatic rings. The molecule has 0 N–H and O–H groups in total. The quantitative estimate of drug-likeness (QED) is 0.424. The van der Waals surface area contributed by atoms with Crippen molar-refractivity contribution in [3.8, 4) is 17.9 Å². The number of hydrogen-bond donors (Lipinski definition) is 0. The molecule has 0 amide bonds. The summed E-state index contributed by atoms with van der Waals surface area (Å²) in [4.78, 5) is 27.4. The van der Waals surface area contributed by atoms with E-state index < -0.39 is 0 Å². The van der Waals surface area contributed by atoms with Crippen LogP contribution in [0, 0.1) is 23.2 Å². The summed E-state index contributed by atoms with van der Waals surface area (Å²) in [6, 6.07) is 9.32. The van der Waals surface area contributed by atoms with Gasteiger partial charge in [-0.05, 0) is 50.9 Å². The molecule has 1 fully saturated rings. The lowest BCUT2D eigenvalue weighted by Crippen LogP contribution is -2.54. The first-order chi connectivity index (χ1) is 16.2. The molecule has 0 unspecified atom stereocenters. The van der Waals surface area contributed by atoms with Crippen LogP contribution in [0.15, 0.2) is 29.1 Å². The van der Waals surface area contributed by atoms with E-state index in [0.29, 0.717) is 34.8 Å². The molecule has 176 valence electrons. The highest BCUT2D eigenvalue weighted by atomic mass is 35.5. The van der Waals surface area contributed by atoms with Gasteiger partial charge in [-0.2, -0.15) is 15.2 Å². The average Bonchev–Trinajstić information content (AvgIpc) is 3.18. The van der Waals surface area contributed by atoms with Gasteiger partial charge in [0.2, 0.25) is 11.2 Å². The topological polar surface area (TPSA) is 83.0 Å². The third kappa shape index (κ3) is 4.52. The highest BCUT2D eigenvalue weighted by molar-refractivity contribution is 6.28. The summed E-state index contributed by atoms with van der Waals surface area (Å²) in [5.41, 5.74) is 1.68. The Hall–Kier alpha value is -3.33. The molecule has 1 aliphatic rings. The van der Waals surface area contributed by atoms with Gasteiger partial charge in [0.1, 0.15) is 0 Å². The van der Waals surface area contributed by atoms with Gasteiger partial charge in [-0.15, -0.1) is 5.92 Å². The number of benzene rings is 1.